The smallest absolute Gasteiger partial charge is 0.199 e. The van der Waals surface area contributed by atoms with Gasteiger partial charge in [0.25, 0.3) is 0 Å². The quantitative estimate of drug-likeness (QED) is 0.430. The number of nitrogens with zero attached hydrogens (tertiary/aromatic N) is 4. The van der Waals surface area contributed by atoms with Crippen LogP contribution in [0.4, 0.5) is 0 Å². The van der Waals surface area contributed by atoms with E-state index in [1.807, 2.05) is 30.3 Å². The Hall–Kier alpha value is -3.05. The molecule has 0 fully saturated rings. The number of aryl methyl sites for hydroxylation is 2. The summed E-state index contributed by atoms with van der Waals surface area (Å²) in [4.78, 5) is 15.6. The highest BCUT2D eigenvalue weighted by Crippen LogP contribution is 2.31. The van der Waals surface area contributed by atoms with Crippen LogP contribution in [0.2, 0.25) is 0 Å². The van der Waals surface area contributed by atoms with Gasteiger partial charge in [-0.25, -0.2) is 15.0 Å². The minimum Gasteiger partial charge on any atom is -0.275 e. The standard InChI is InChI=1S/C21H16N4S/c1-13-9-10-15(12-14(13)2)25-20(18-8-5-11-26-18)24-19-21(25)23-17-7-4-3-6-16(17)22-19/h3-12H,1-2H3. The summed E-state index contributed by atoms with van der Waals surface area (Å²) in [6.45, 7) is 4.25. The third kappa shape index (κ3) is 2.32. The molecule has 3 aromatic heterocycles. The van der Waals surface area contributed by atoms with Crippen LogP contribution in [0.3, 0.4) is 0 Å². The van der Waals surface area contributed by atoms with Crippen LogP contribution in [0.15, 0.2) is 60.0 Å². The van der Waals surface area contributed by atoms with Gasteiger partial charge in [-0.2, -0.15) is 0 Å². The first-order valence-electron chi connectivity index (χ1n) is 8.47. The predicted molar refractivity (Wildman–Crippen MR) is 107 cm³/mol. The minimum atomic E-state index is 0.672. The van der Waals surface area contributed by atoms with Gasteiger partial charge in [-0.3, -0.25) is 4.57 Å². The van der Waals surface area contributed by atoms with Gasteiger partial charge in [0.2, 0.25) is 0 Å². The summed E-state index contributed by atoms with van der Waals surface area (Å²) in [5, 5.41) is 2.07. The summed E-state index contributed by atoms with van der Waals surface area (Å²) in [6.07, 6.45) is 0. The van der Waals surface area contributed by atoms with Gasteiger partial charge in [0.1, 0.15) is 0 Å². The van der Waals surface area contributed by atoms with Crippen molar-refractivity contribution in [1.29, 1.82) is 0 Å². The zero-order valence-electron chi connectivity index (χ0n) is 14.5. The summed E-state index contributed by atoms with van der Waals surface area (Å²) < 4.78 is 2.12. The van der Waals surface area contributed by atoms with E-state index in [4.69, 9.17) is 15.0 Å². The fraction of sp³-hybridized carbons (Fsp3) is 0.0952. The fourth-order valence-electron chi connectivity index (χ4n) is 3.14. The van der Waals surface area contributed by atoms with E-state index in [-0.39, 0.29) is 0 Å². The molecule has 0 bridgehead atoms. The zero-order valence-corrected chi connectivity index (χ0v) is 15.3. The number of fused-ring (bicyclic) bond motifs is 2. The molecule has 0 atom stereocenters. The van der Waals surface area contributed by atoms with Crippen molar-refractivity contribution in [3.05, 3.63) is 71.1 Å². The van der Waals surface area contributed by atoms with Crippen LogP contribution in [-0.2, 0) is 0 Å². The molecule has 0 unspecified atom stereocenters. The van der Waals surface area contributed by atoms with Crippen LogP contribution >= 0.6 is 11.3 Å². The van der Waals surface area contributed by atoms with Gasteiger partial charge in [0.15, 0.2) is 17.1 Å². The van der Waals surface area contributed by atoms with Gasteiger partial charge < -0.3 is 0 Å². The lowest BCUT2D eigenvalue weighted by Gasteiger charge is -2.10. The van der Waals surface area contributed by atoms with Crippen LogP contribution in [0.1, 0.15) is 11.1 Å². The molecule has 0 saturated carbocycles. The summed E-state index contributed by atoms with van der Waals surface area (Å²) in [5.74, 6) is 0.883. The Labute approximate surface area is 154 Å². The largest absolute Gasteiger partial charge is 0.275 e. The molecular weight excluding hydrogens is 340 g/mol. The highest BCUT2D eigenvalue weighted by molar-refractivity contribution is 7.13. The lowest BCUT2D eigenvalue weighted by Crippen LogP contribution is -1.99. The van der Waals surface area contributed by atoms with E-state index in [1.165, 1.54) is 11.1 Å². The molecule has 2 aromatic carbocycles. The van der Waals surface area contributed by atoms with Gasteiger partial charge in [-0.05, 0) is 60.7 Å². The monoisotopic (exact) mass is 356 g/mol. The topological polar surface area (TPSA) is 43.6 Å². The Balaban J connectivity index is 1.89. The molecule has 126 valence electrons. The van der Waals surface area contributed by atoms with Crippen molar-refractivity contribution in [2.75, 3.05) is 0 Å². The Bertz CT molecular complexity index is 1250. The highest BCUT2D eigenvalue weighted by atomic mass is 32.1. The first kappa shape index (κ1) is 15.2. The van der Waals surface area contributed by atoms with Crippen LogP contribution in [-0.4, -0.2) is 19.5 Å². The minimum absolute atomic E-state index is 0.672. The van der Waals surface area contributed by atoms with Crippen molar-refractivity contribution < 1.29 is 0 Å². The van der Waals surface area contributed by atoms with Crippen molar-refractivity contribution in [2.24, 2.45) is 0 Å². The number of hydrogen-bond donors (Lipinski definition) is 0. The van der Waals surface area contributed by atoms with Gasteiger partial charge in [0, 0.05) is 5.69 Å². The Morgan fingerprint density at radius 2 is 1.62 bits per heavy atom. The Kier molecular flexibility index (Phi) is 3.36. The van der Waals surface area contributed by atoms with E-state index >= 15 is 0 Å². The molecule has 0 aliphatic heterocycles. The lowest BCUT2D eigenvalue weighted by atomic mass is 10.1. The number of aromatic nitrogens is 4. The van der Waals surface area contributed by atoms with Crippen LogP contribution < -0.4 is 0 Å². The Morgan fingerprint density at radius 3 is 2.35 bits per heavy atom. The van der Waals surface area contributed by atoms with Crippen molar-refractivity contribution in [2.45, 2.75) is 13.8 Å². The molecule has 4 nitrogen and oxygen atoms in total. The number of imidazole rings is 1. The van der Waals surface area contributed by atoms with Gasteiger partial charge >= 0.3 is 0 Å². The molecule has 0 spiro atoms. The molecule has 0 radical (unpaired) electrons. The second-order valence-corrected chi connectivity index (χ2v) is 7.32. The van der Waals surface area contributed by atoms with Crippen molar-refractivity contribution >= 4 is 33.7 Å². The maximum atomic E-state index is 4.88. The molecule has 0 amide bonds. The molecule has 5 heteroatoms. The van der Waals surface area contributed by atoms with E-state index in [2.05, 4.69) is 48.1 Å². The van der Waals surface area contributed by atoms with Crippen LogP contribution in [0.5, 0.6) is 0 Å². The Morgan fingerprint density at radius 1 is 0.808 bits per heavy atom. The molecule has 3 heterocycles. The predicted octanol–water partition coefficient (Wildman–Crippen LogP) is 5.31. The van der Waals surface area contributed by atoms with Gasteiger partial charge in [-0.1, -0.05) is 24.3 Å². The fourth-order valence-corrected chi connectivity index (χ4v) is 3.84. The van der Waals surface area contributed by atoms with E-state index in [1.54, 1.807) is 11.3 Å². The number of benzene rings is 2. The third-order valence-electron chi connectivity index (χ3n) is 4.66. The normalized spacial score (nSPS) is 11.5. The first-order chi connectivity index (χ1) is 12.7. The summed E-state index contributed by atoms with van der Waals surface area (Å²) in [7, 11) is 0. The van der Waals surface area contributed by atoms with E-state index in [0.29, 0.717) is 5.65 Å². The summed E-state index contributed by atoms with van der Waals surface area (Å²) in [5.41, 5.74) is 6.78. The molecular formula is C21H16N4S. The second-order valence-electron chi connectivity index (χ2n) is 6.38. The molecule has 26 heavy (non-hydrogen) atoms. The average Bonchev–Trinajstić information content (AvgIpc) is 3.29. The number of hydrogen-bond acceptors (Lipinski definition) is 4. The molecule has 0 aliphatic carbocycles. The van der Waals surface area contributed by atoms with Crippen LogP contribution in [0, 0.1) is 13.8 Å². The maximum Gasteiger partial charge on any atom is 0.199 e. The molecule has 5 aromatic rings. The van der Waals surface area contributed by atoms with Crippen molar-refractivity contribution in [1.82, 2.24) is 19.5 Å². The zero-order chi connectivity index (χ0) is 17.7. The maximum absolute atomic E-state index is 4.88. The number of rotatable bonds is 2. The summed E-state index contributed by atoms with van der Waals surface area (Å²) >= 11 is 1.67. The number of para-hydroxylation sites is 2. The molecule has 5 rings (SSSR count). The third-order valence-corrected chi connectivity index (χ3v) is 5.53. The van der Waals surface area contributed by atoms with E-state index in [9.17, 15) is 0 Å². The SMILES string of the molecule is Cc1ccc(-n2c(-c3cccs3)nc3nc4ccccc4nc32)cc1C. The number of thiophene rings is 1. The van der Waals surface area contributed by atoms with E-state index < -0.39 is 0 Å². The molecule has 0 N–H and O–H groups in total. The first-order valence-corrected chi connectivity index (χ1v) is 9.35. The second kappa shape index (κ2) is 5.75. The van der Waals surface area contributed by atoms with Crippen molar-refractivity contribution in [3.8, 4) is 16.4 Å². The summed E-state index contributed by atoms with van der Waals surface area (Å²) in [6, 6.07) is 18.5. The van der Waals surface area contributed by atoms with Crippen LogP contribution in [0.25, 0.3) is 38.7 Å². The highest BCUT2D eigenvalue weighted by Gasteiger charge is 2.18. The van der Waals surface area contributed by atoms with Gasteiger partial charge in [0.05, 0.1) is 15.9 Å². The lowest BCUT2D eigenvalue weighted by molar-refractivity contribution is 1.08. The average molecular weight is 356 g/mol. The molecule has 0 saturated heterocycles. The van der Waals surface area contributed by atoms with Crippen molar-refractivity contribution in [3.63, 3.8) is 0 Å². The molecule has 0 aliphatic rings. The van der Waals surface area contributed by atoms with E-state index in [0.717, 1.165) is 33.1 Å². The van der Waals surface area contributed by atoms with Gasteiger partial charge in [-0.15, -0.1) is 11.3 Å².